The third-order valence-electron chi connectivity index (χ3n) is 7.52. The predicted octanol–water partition coefficient (Wildman–Crippen LogP) is 4.19. The molecule has 1 saturated heterocycles. The summed E-state index contributed by atoms with van der Waals surface area (Å²) in [7, 11) is 0. The van der Waals surface area contributed by atoms with Crippen LogP contribution < -0.4 is 5.32 Å². The van der Waals surface area contributed by atoms with Crippen molar-refractivity contribution in [2.45, 2.75) is 71.5 Å². The van der Waals surface area contributed by atoms with Gasteiger partial charge in [0.05, 0.1) is 11.8 Å². The van der Waals surface area contributed by atoms with Gasteiger partial charge in [0.2, 0.25) is 23.6 Å². The summed E-state index contributed by atoms with van der Waals surface area (Å²) in [5, 5.41) is 3.06. The van der Waals surface area contributed by atoms with Gasteiger partial charge in [-0.25, -0.2) is 0 Å². The molecule has 2 aromatic rings. The molecule has 2 aliphatic rings. The first-order chi connectivity index (χ1) is 18.5. The monoisotopic (exact) mass is 529 g/mol. The second-order valence-corrected chi connectivity index (χ2v) is 11.6. The molecule has 39 heavy (non-hydrogen) atoms. The number of nitrogens with one attached hydrogen (secondary N) is 1. The van der Waals surface area contributed by atoms with Gasteiger partial charge in [-0.1, -0.05) is 66.7 Å². The van der Waals surface area contributed by atoms with Crippen LogP contribution >= 0.6 is 0 Å². The number of hydrogen-bond acceptors (Lipinski definition) is 4. The Hall–Kier alpha value is -3.74. The molecule has 0 aromatic heterocycles. The number of hydrogen-bond donors (Lipinski definition) is 1. The number of nitrogens with zero attached hydrogens (tertiary/aromatic N) is 2. The number of rotatable bonds is 9. The molecule has 1 heterocycles. The van der Waals surface area contributed by atoms with E-state index in [1.54, 1.807) is 4.90 Å². The zero-order valence-electron chi connectivity index (χ0n) is 23.4. The van der Waals surface area contributed by atoms with Crippen molar-refractivity contribution in [1.82, 2.24) is 15.1 Å². The van der Waals surface area contributed by atoms with Crippen molar-refractivity contribution < 1.29 is 19.2 Å². The maximum atomic E-state index is 13.9. The largest absolute Gasteiger partial charge is 0.350 e. The van der Waals surface area contributed by atoms with Gasteiger partial charge in [-0.05, 0) is 57.2 Å². The summed E-state index contributed by atoms with van der Waals surface area (Å²) in [6, 6.07) is 16.7. The minimum absolute atomic E-state index is 0.0206. The molecule has 1 aliphatic heterocycles. The van der Waals surface area contributed by atoms with E-state index in [0.29, 0.717) is 19.3 Å². The van der Waals surface area contributed by atoms with Crippen LogP contribution in [0.5, 0.6) is 0 Å². The maximum Gasteiger partial charge on any atom is 0.243 e. The minimum atomic E-state index is -0.768. The van der Waals surface area contributed by atoms with Crippen LogP contribution in [0.3, 0.4) is 0 Å². The van der Waals surface area contributed by atoms with Gasteiger partial charge in [-0.15, -0.1) is 0 Å². The van der Waals surface area contributed by atoms with E-state index in [4.69, 9.17) is 0 Å². The highest BCUT2D eigenvalue weighted by Crippen LogP contribution is 2.35. The van der Waals surface area contributed by atoms with Gasteiger partial charge in [0.25, 0.3) is 0 Å². The Kier molecular flexibility index (Phi) is 8.68. The Morgan fingerprint density at radius 2 is 1.54 bits per heavy atom. The van der Waals surface area contributed by atoms with E-state index >= 15 is 0 Å². The number of carbonyl (C=O) groups is 4. The molecular formula is C32H39N3O4. The smallest absolute Gasteiger partial charge is 0.243 e. The highest BCUT2D eigenvalue weighted by molar-refractivity contribution is 6.05. The number of allylic oxidation sites excluding steroid dienone is 2. The first-order valence-corrected chi connectivity index (χ1v) is 13.8. The topological polar surface area (TPSA) is 86.8 Å². The van der Waals surface area contributed by atoms with Gasteiger partial charge in [0.1, 0.15) is 6.04 Å². The second-order valence-electron chi connectivity index (χ2n) is 11.6. The average Bonchev–Trinajstić information content (AvgIpc) is 3.14. The number of benzene rings is 2. The van der Waals surface area contributed by atoms with E-state index in [1.165, 1.54) is 4.90 Å². The molecule has 0 bridgehead atoms. The molecule has 1 aliphatic carbocycles. The Labute approximate surface area is 231 Å². The second kappa shape index (κ2) is 12.0. The minimum Gasteiger partial charge on any atom is -0.350 e. The van der Waals surface area contributed by atoms with Crippen LogP contribution in [0.25, 0.3) is 0 Å². The maximum absolute atomic E-state index is 13.9. The molecule has 4 amide bonds. The van der Waals surface area contributed by atoms with E-state index in [2.05, 4.69) is 5.32 Å². The molecule has 3 atom stereocenters. The fraction of sp³-hybridized carbons (Fsp3) is 0.438. The van der Waals surface area contributed by atoms with E-state index < -0.39 is 11.6 Å². The molecule has 4 rings (SSSR count). The Morgan fingerprint density at radius 3 is 2.13 bits per heavy atom. The van der Waals surface area contributed by atoms with Crippen LogP contribution in [-0.4, -0.2) is 51.6 Å². The summed E-state index contributed by atoms with van der Waals surface area (Å²) >= 11 is 0. The van der Waals surface area contributed by atoms with Gasteiger partial charge in [-0.2, -0.15) is 0 Å². The zero-order valence-corrected chi connectivity index (χ0v) is 23.4. The lowest BCUT2D eigenvalue weighted by Gasteiger charge is -2.34. The predicted molar refractivity (Wildman–Crippen MR) is 150 cm³/mol. The fourth-order valence-electron chi connectivity index (χ4n) is 5.42. The molecule has 0 spiro atoms. The van der Waals surface area contributed by atoms with Crippen LogP contribution in [0.15, 0.2) is 66.7 Å². The third-order valence-corrected chi connectivity index (χ3v) is 7.52. The molecular weight excluding hydrogens is 490 g/mol. The van der Waals surface area contributed by atoms with Crippen molar-refractivity contribution in [2.24, 2.45) is 11.8 Å². The van der Waals surface area contributed by atoms with Crippen molar-refractivity contribution in [3.05, 3.63) is 83.4 Å². The number of fused-ring (bicyclic) bond motifs is 1. The summed E-state index contributed by atoms with van der Waals surface area (Å²) in [6.07, 6.45) is 5.33. The highest BCUT2D eigenvalue weighted by atomic mass is 16.2. The Balaban J connectivity index is 1.61. The first-order valence-electron chi connectivity index (χ1n) is 13.8. The summed E-state index contributed by atoms with van der Waals surface area (Å²) in [6.45, 7) is 7.99. The van der Waals surface area contributed by atoms with Gasteiger partial charge in [0.15, 0.2) is 0 Å². The quantitative estimate of drug-likeness (QED) is 0.390. The molecule has 2 aromatic carbocycles. The number of amides is 4. The molecule has 7 nitrogen and oxygen atoms in total. The van der Waals surface area contributed by atoms with Gasteiger partial charge in [-0.3, -0.25) is 24.1 Å². The van der Waals surface area contributed by atoms with Crippen LogP contribution in [0, 0.1) is 18.8 Å². The first kappa shape index (κ1) is 28.3. The van der Waals surface area contributed by atoms with Crippen molar-refractivity contribution in [1.29, 1.82) is 0 Å². The van der Waals surface area contributed by atoms with E-state index in [-0.39, 0.29) is 55.0 Å². The summed E-state index contributed by atoms with van der Waals surface area (Å²) in [5.74, 6) is -1.55. The normalized spacial score (nSPS) is 19.5. The van der Waals surface area contributed by atoms with E-state index in [0.717, 1.165) is 16.7 Å². The summed E-state index contributed by atoms with van der Waals surface area (Å²) < 4.78 is 0. The van der Waals surface area contributed by atoms with Gasteiger partial charge < -0.3 is 10.2 Å². The summed E-state index contributed by atoms with van der Waals surface area (Å²) in [5.41, 5.74) is 2.42. The van der Waals surface area contributed by atoms with Crippen LogP contribution in [0.1, 0.15) is 56.7 Å². The lowest BCUT2D eigenvalue weighted by atomic mass is 9.85. The van der Waals surface area contributed by atoms with Gasteiger partial charge >= 0.3 is 0 Å². The van der Waals surface area contributed by atoms with Crippen molar-refractivity contribution in [2.75, 3.05) is 6.54 Å². The summed E-state index contributed by atoms with van der Waals surface area (Å²) in [4.78, 5) is 56.5. The number of imide groups is 1. The SMILES string of the molecule is Cc1ccccc1CN(C(=O)CCN1C(=O)[C@H]2CC=CC[C@H]2C1=O)C(Cc1ccccc1)C(=O)NC(C)(C)C. The lowest BCUT2D eigenvalue weighted by Crippen LogP contribution is -2.54. The van der Waals surface area contributed by atoms with E-state index in [9.17, 15) is 19.2 Å². The Morgan fingerprint density at radius 1 is 0.949 bits per heavy atom. The van der Waals surface area contributed by atoms with Crippen molar-refractivity contribution >= 4 is 23.6 Å². The molecule has 1 unspecified atom stereocenters. The molecule has 0 radical (unpaired) electrons. The molecule has 7 heteroatoms. The number of aryl methyl sites for hydroxylation is 1. The van der Waals surface area contributed by atoms with Gasteiger partial charge in [0, 0.05) is 31.5 Å². The van der Waals surface area contributed by atoms with Crippen LogP contribution in [-0.2, 0) is 32.1 Å². The number of likely N-dealkylation sites (tertiary alicyclic amines) is 1. The number of carbonyl (C=O) groups excluding carboxylic acids is 4. The zero-order chi connectivity index (χ0) is 28.2. The van der Waals surface area contributed by atoms with Crippen molar-refractivity contribution in [3.8, 4) is 0 Å². The molecule has 206 valence electrons. The molecule has 1 fully saturated rings. The Bertz CT molecular complexity index is 1220. The third kappa shape index (κ3) is 6.83. The van der Waals surface area contributed by atoms with Crippen LogP contribution in [0.2, 0.25) is 0 Å². The van der Waals surface area contributed by atoms with Crippen LogP contribution in [0.4, 0.5) is 0 Å². The van der Waals surface area contributed by atoms with E-state index in [1.807, 2.05) is 94.4 Å². The fourth-order valence-corrected chi connectivity index (χ4v) is 5.42. The average molecular weight is 530 g/mol. The molecule has 0 saturated carbocycles. The lowest BCUT2D eigenvalue weighted by molar-refractivity contribution is -0.144. The molecule has 1 N–H and O–H groups in total. The highest BCUT2D eigenvalue weighted by Gasteiger charge is 2.47. The standard InChI is InChI=1S/C32H39N3O4/c1-22-12-8-9-15-24(22)21-35(27(29(37)33-32(2,3)4)20-23-13-6-5-7-14-23)28(36)18-19-34-30(38)25-16-10-11-17-26(25)31(34)39/h5-15,25-27H,16-21H2,1-4H3,(H,33,37)/t25-,26+,27?. The van der Waals surface area contributed by atoms with Crippen molar-refractivity contribution in [3.63, 3.8) is 0 Å².